The summed E-state index contributed by atoms with van der Waals surface area (Å²) in [6.07, 6.45) is 5.92. The molecule has 2 aliphatic rings. The number of aromatic nitrogens is 1. The minimum atomic E-state index is -0.283. The molecule has 1 N–H and O–H groups in total. The Bertz CT molecular complexity index is 890. The third-order valence-electron chi connectivity index (χ3n) is 6.41. The number of piperazine rings is 1. The summed E-state index contributed by atoms with van der Waals surface area (Å²) in [5.41, 5.74) is 2.20. The Labute approximate surface area is 188 Å². The molecule has 0 radical (unpaired) electrons. The molecule has 1 aromatic carbocycles. The molecule has 8 heteroatoms. The first-order valence-corrected chi connectivity index (χ1v) is 12.1. The zero-order chi connectivity index (χ0) is 21.8. The van der Waals surface area contributed by atoms with Gasteiger partial charge in [0, 0.05) is 56.9 Å². The van der Waals surface area contributed by atoms with Crippen LogP contribution in [0.3, 0.4) is 0 Å². The lowest BCUT2D eigenvalue weighted by Crippen LogP contribution is -2.49. The topological polar surface area (TPSA) is 51.7 Å². The van der Waals surface area contributed by atoms with Crippen LogP contribution < -0.4 is 10.2 Å². The van der Waals surface area contributed by atoms with Crippen molar-refractivity contribution in [1.82, 2.24) is 14.8 Å². The summed E-state index contributed by atoms with van der Waals surface area (Å²) in [4.78, 5) is 23.3. The Kier molecular flexibility index (Phi) is 7.07. The summed E-state index contributed by atoms with van der Waals surface area (Å²) < 4.78 is 14.8. The van der Waals surface area contributed by atoms with Crippen molar-refractivity contribution in [2.24, 2.45) is 0 Å². The molecule has 2 aromatic rings. The van der Waals surface area contributed by atoms with Crippen LogP contribution in [0.4, 0.5) is 20.6 Å². The van der Waals surface area contributed by atoms with Crippen LogP contribution in [0.15, 0.2) is 23.6 Å². The van der Waals surface area contributed by atoms with Gasteiger partial charge in [-0.1, -0.05) is 19.3 Å². The second kappa shape index (κ2) is 9.96. The van der Waals surface area contributed by atoms with Crippen molar-refractivity contribution >= 4 is 28.7 Å². The fourth-order valence-corrected chi connectivity index (χ4v) is 5.16. The van der Waals surface area contributed by atoms with Crippen LogP contribution in [0.1, 0.15) is 42.8 Å². The molecule has 2 heterocycles. The fourth-order valence-electron chi connectivity index (χ4n) is 4.56. The summed E-state index contributed by atoms with van der Waals surface area (Å²) in [7, 11) is 1.97. The van der Waals surface area contributed by atoms with E-state index in [1.807, 2.05) is 14.0 Å². The van der Waals surface area contributed by atoms with Gasteiger partial charge in [0.05, 0.1) is 16.4 Å². The molecular formula is C23H32FN5OS. The maximum Gasteiger partial charge on any atom is 0.321 e. The normalized spacial score (nSPS) is 18.2. The summed E-state index contributed by atoms with van der Waals surface area (Å²) in [5, 5.41) is 6.04. The molecule has 6 nitrogen and oxygen atoms in total. The molecule has 0 bridgehead atoms. The number of carbonyl (C=O) groups is 1. The highest BCUT2D eigenvalue weighted by Crippen LogP contribution is 2.29. The molecule has 2 fully saturated rings. The first-order valence-electron chi connectivity index (χ1n) is 11.2. The molecule has 1 saturated heterocycles. The van der Waals surface area contributed by atoms with Gasteiger partial charge in [0.15, 0.2) is 0 Å². The lowest BCUT2D eigenvalue weighted by Gasteiger charge is -2.34. The molecule has 0 atom stereocenters. The van der Waals surface area contributed by atoms with E-state index in [2.05, 4.69) is 25.5 Å². The number of aryl methyl sites for hydroxylation is 1. The minimum Gasteiger partial charge on any atom is -0.369 e. The summed E-state index contributed by atoms with van der Waals surface area (Å²) >= 11 is 1.67. The van der Waals surface area contributed by atoms with Crippen LogP contribution in [0.25, 0.3) is 0 Å². The van der Waals surface area contributed by atoms with Gasteiger partial charge in [0.1, 0.15) is 5.82 Å². The van der Waals surface area contributed by atoms with Gasteiger partial charge in [0.2, 0.25) is 0 Å². The first-order chi connectivity index (χ1) is 15.0. The van der Waals surface area contributed by atoms with Crippen LogP contribution in [0.2, 0.25) is 0 Å². The maximum absolute atomic E-state index is 14.8. The number of urea groups is 1. The van der Waals surface area contributed by atoms with Gasteiger partial charge in [-0.3, -0.25) is 4.90 Å². The number of carbonyl (C=O) groups excluding carboxylic acids is 1. The van der Waals surface area contributed by atoms with Gasteiger partial charge in [-0.15, -0.1) is 11.3 Å². The van der Waals surface area contributed by atoms with Gasteiger partial charge >= 0.3 is 6.03 Å². The third kappa shape index (κ3) is 5.54. The van der Waals surface area contributed by atoms with Crippen molar-refractivity contribution in [3.8, 4) is 0 Å². The first kappa shape index (κ1) is 22.0. The number of benzene rings is 1. The molecular weight excluding hydrogens is 413 g/mol. The van der Waals surface area contributed by atoms with Crippen LogP contribution in [0, 0.1) is 12.7 Å². The van der Waals surface area contributed by atoms with Gasteiger partial charge in [-0.2, -0.15) is 0 Å². The van der Waals surface area contributed by atoms with Gasteiger partial charge in [-0.05, 0) is 38.0 Å². The second-order valence-corrected chi connectivity index (χ2v) is 9.68. The van der Waals surface area contributed by atoms with Crippen LogP contribution >= 0.6 is 11.3 Å². The fraction of sp³-hybridized carbons (Fsp3) is 0.565. The number of rotatable bonds is 5. The van der Waals surface area contributed by atoms with E-state index in [-0.39, 0.29) is 11.8 Å². The number of nitrogens with zero attached hydrogens (tertiary/aromatic N) is 4. The van der Waals surface area contributed by atoms with Crippen LogP contribution in [0.5, 0.6) is 0 Å². The van der Waals surface area contributed by atoms with Crippen molar-refractivity contribution < 1.29 is 9.18 Å². The smallest absolute Gasteiger partial charge is 0.321 e. The quantitative estimate of drug-likeness (QED) is 0.724. The number of anilines is 2. The number of halogens is 1. The molecule has 1 aromatic heterocycles. The van der Waals surface area contributed by atoms with Crippen molar-refractivity contribution in [1.29, 1.82) is 0 Å². The maximum atomic E-state index is 14.8. The van der Waals surface area contributed by atoms with E-state index in [0.29, 0.717) is 30.5 Å². The van der Waals surface area contributed by atoms with Gasteiger partial charge in [0.25, 0.3) is 0 Å². The Hall–Kier alpha value is -2.19. The largest absolute Gasteiger partial charge is 0.369 e. The van der Waals surface area contributed by atoms with Crippen molar-refractivity contribution in [2.45, 2.75) is 51.6 Å². The second-order valence-electron chi connectivity index (χ2n) is 8.62. The van der Waals surface area contributed by atoms with Crippen LogP contribution in [-0.4, -0.2) is 60.1 Å². The van der Waals surface area contributed by atoms with Crippen molar-refractivity contribution in [2.75, 3.05) is 43.4 Å². The molecule has 1 aliphatic heterocycles. The number of hydrogen-bond acceptors (Lipinski definition) is 5. The average Bonchev–Trinajstić information content (AvgIpc) is 3.19. The van der Waals surface area contributed by atoms with E-state index in [4.69, 9.17) is 0 Å². The third-order valence-corrected chi connectivity index (χ3v) is 7.24. The van der Waals surface area contributed by atoms with Gasteiger partial charge < -0.3 is 15.1 Å². The number of thiazole rings is 1. The number of nitrogens with one attached hydrogen (secondary N) is 1. The summed E-state index contributed by atoms with van der Waals surface area (Å²) in [5.74, 6) is -0.283. The lowest BCUT2D eigenvalue weighted by molar-refractivity contribution is 0.142. The monoisotopic (exact) mass is 445 g/mol. The molecule has 0 spiro atoms. The highest BCUT2D eigenvalue weighted by Gasteiger charge is 2.23. The Morgan fingerprint density at radius 3 is 2.61 bits per heavy atom. The number of hydrogen-bond donors (Lipinski definition) is 1. The predicted octanol–water partition coefficient (Wildman–Crippen LogP) is 4.71. The standard InChI is InChI=1S/C23H32FN5OS/c1-17-25-19(16-31-17)15-28-10-12-29(13-11-28)23(30)26-18-8-9-22(21(24)14-18)27(2)20-6-4-3-5-7-20/h8-9,14,16,20H,3-7,10-13,15H2,1-2H3,(H,26,30). The Balaban J connectivity index is 1.29. The van der Waals surface area contributed by atoms with E-state index in [9.17, 15) is 9.18 Å². The molecule has 1 saturated carbocycles. The highest BCUT2D eigenvalue weighted by molar-refractivity contribution is 7.09. The molecule has 168 valence electrons. The van der Waals surface area contributed by atoms with Gasteiger partial charge in [-0.25, -0.2) is 14.2 Å². The zero-order valence-corrected chi connectivity index (χ0v) is 19.3. The van der Waals surface area contributed by atoms with E-state index in [1.165, 1.54) is 25.3 Å². The van der Waals surface area contributed by atoms with E-state index in [1.54, 1.807) is 28.4 Å². The van der Waals surface area contributed by atoms with Crippen LogP contribution in [-0.2, 0) is 6.54 Å². The zero-order valence-electron chi connectivity index (χ0n) is 18.4. The Morgan fingerprint density at radius 1 is 1.23 bits per heavy atom. The molecule has 4 rings (SSSR count). The van der Waals surface area contributed by atoms with E-state index in [0.717, 1.165) is 43.2 Å². The molecule has 1 aliphatic carbocycles. The summed E-state index contributed by atoms with van der Waals surface area (Å²) in [6.45, 7) is 5.76. The molecule has 0 unspecified atom stereocenters. The number of amides is 2. The highest BCUT2D eigenvalue weighted by atomic mass is 32.1. The lowest BCUT2D eigenvalue weighted by atomic mass is 9.94. The average molecular weight is 446 g/mol. The molecule has 2 amide bonds. The van der Waals surface area contributed by atoms with Crippen molar-refractivity contribution in [3.63, 3.8) is 0 Å². The minimum absolute atomic E-state index is 0.170. The molecule has 31 heavy (non-hydrogen) atoms. The summed E-state index contributed by atoms with van der Waals surface area (Å²) in [6, 6.07) is 5.25. The van der Waals surface area contributed by atoms with Crippen molar-refractivity contribution in [3.05, 3.63) is 40.1 Å². The predicted molar refractivity (Wildman–Crippen MR) is 124 cm³/mol. The Morgan fingerprint density at radius 2 is 1.97 bits per heavy atom. The van der Waals surface area contributed by atoms with E-state index < -0.39 is 0 Å². The SMILES string of the molecule is Cc1nc(CN2CCN(C(=O)Nc3ccc(N(C)C4CCCCC4)c(F)c3)CC2)cs1. The van der Waals surface area contributed by atoms with E-state index >= 15 is 0 Å².